The summed E-state index contributed by atoms with van der Waals surface area (Å²) in [6, 6.07) is 7.72. The van der Waals surface area contributed by atoms with Crippen molar-refractivity contribution in [2.45, 2.75) is 12.8 Å². The molecule has 1 spiro atoms. The van der Waals surface area contributed by atoms with Gasteiger partial charge < -0.3 is 25.4 Å². The lowest BCUT2D eigenvalue weighted by molar-refractivity contribution is 0.160. The van der Waals surface area contributed by atoms with Crippen molar-refractivity contribution in [3.05, 3.63) is 48.4 Å². The topological polar surface area (TPSA) is 111 Å². The van der Waals surface area contributed by atoms with E-state index in [-0.39, 0.29) is 5.41 Å². The minimum absolute atomic E-state index is 0.242. The molecule has 34 heavy (non-hydrogen) atoms. The highest BCUT2D eigenvalue weighted by molar-refractivity contribution is 6.09. The van der Waals surface area contributed by atoms with Crippen molar-refractivity contribution in [1.29, 1.82) is 0 Å². The van der Waals surface area contributed by atoms with Crippen LogP contribution < -0.4 is 20.7 Å². The Labute approximate surface area is 198 Å². The number of allylic oxidation sites excluding steroid dienone is 1. The second-order valence-corrected chi connectivity index (χ2v) is 8.79. The lowest BCUT2D eigenvalue weighted by atomic mass is 9.87. The van der Waals surface area contributed by atoms with Gasteiger partial charge in [0.25, 0.3) is 0 Å². The normalized spacial score (nSPS) is 20.6. The maximum Gasteiger partial charge on any atom is 0.227 e. The molecule has 1 aromatic carbocycles. The molecule has 0 amide bonds. The van der Waals surface area contributed by atoms with E-state index < -0.39 is 0 Å². The van der Waals surface area contributed by atoms with Crippen LogP contribution in [0.3, 0.4) is 0 Å². The van der Waals surface area contributed by atoms with Crippen LogP contribution in [0.25, 0.3) is 16.5 Å². The summed E-state index contributed by atoms with van der Waals surface area (Å²) >= 11 is 0. The fourth-order valence-electron chi connectivity index (χ4n) is 4.77. The van der Waals surface area contributed by atoms with Crippen molar-refractivity contribution in [1.82, 2.24) is 15.0 Å². The van der Waals surface area contributed by atoms with E-state index in [9.17, 15) is 0 Å². The van der Waals surface area contributed by atoms with E-state index in [1.807, 2.05) is 36.7 Å². The summed E-state index contributed by atoms with van der Waals surface area (Å²) < 4.78 is 11.3. The predicted molar refractivity (Wildman–Crippen MR) is 135 cm³/mol. The highest BCUT2D eigenvalue weighted by Crippen LogP contribution is 2.40. The van der Waals surface area contributed by atoms with Gasteiger partial charge in [-0.2, -0.15) is 0 Å². The van der Waals surface area contributed by atoms with Gasteiger partial charge in [0.2, 0.25) is 5.95 Å². The number of pyridine rings is 1. The predicted octanol–water partition coefficient (Wildman–Crippen LogP) is 3.39. The number of nitrogens with two attached hydrogens (primary N) is 1. The number of benzene rings is 1. The third-order valence-electron chi connectivity index (χ3n) is 6.63. The zero-order chi connectivity index (χ0) is 23.5. The molecule has 1 unspecified atom stereocenters. The van der Waals surface area contributed by atoms with Gasteiger partial charge >= 0.3 is 0 Å². The number of aromatic nitrogens is 3. The number of fused-ring (bicyclic) bond motifs is 1. The lowest BCUT2D eigenvalue weighted by Crippen LogP contribution is -2.28. The molecule has 0 saturated carbocycles. The Hall–Kier alpha value is -3.72. The Morgan fingerprint density at radius 3 is 2.97 bits per heavy atom. The number of nitrogens with zero attached hydrogens (tertiary/aromatic N) is 5. The molecule has 0 radical (unpaired) electrons. The van der Waals surface area contributed by atoms with Crippen LogP contribution in [-0.4, -0.2) is 61.6 Å². The van der Waals surface area contributed by atoms with E-state index in [0.29, 0.717) is 11.7 Å². The molecule has 1 atom stereocenters. The first-order valence-electron chi connectivity index (χ1n) is 11.4. The molecule has 2 fully saturated rings. The molecular weight excluding hydrogens is 430 g/mol. The standard InChI is InChI=1S/C25H29N7O2/c1-27-13-19(12-26)17-3-4-20(21(11-17)33-2)30-24-29-14-18-5-8-28-23(22(18)31-24)32-9-6-25(15-32)7-10-34-16-25/h3-5,8,11-14H,6-7,9-10,15-16,26H2,1-2H3,(H,29,30,31). The molecule has 0 bridgehead atoms. The number of anilines is 3. The van der Waals surface area contributed by atoms with Crippen molar-refractivity contribution in [2.75, 3.05) is 50.7 Å². The zero-order valence-corrected chi connectivity index (χ0v) is 19.5. The van der Waals surface area contributed by atoms with E-state index in [4.69, 9.17) is 25.2 Å². The van der Waals surface area contributed by atoms with Crippen LogP contribution in [0.15, 0.2) is 47.9 Å². The highest BCUT2D eigenvalue weighted by Gasteiger charge is 2.42. The summed E-state index contributed by atoms with van der Waals surface area (Å²) in [5.74, 6) is 2.03. The molecule has 4 heterocycles. The number of aliphatic imine (C=N–C) groups is 1. The van der Waals surface area contributed by atoms with Crippen molar-refractivity contribution < 1.29 is 9.47 Å². The Kier molecular flexibility index (Phi) is 6.02. The number of methoxy groups -OCH3 is 1. The summed E-state index contributed by atoms with van der Waals surface area (Å²) in [5.41, 5.74) is 9.29. The average Bonchev–Trinajstić information content (AvgIpc) is 3.52. The first-order chi connectivity index (χ1) is 16.6. The van der Waals surface area contributed by atoms with Crippen LogP contribution in [0.4, 0.5) is 17.5 Å². The molecule has 2 aliphatic rings. The van der Waals surface area contributed by atoms with E-state index in [1.165, 1.54) is 6.20 Å². The van der Waals surface area contributed by atoms with Gasteiger partial charge in [-0.25, -0.2) is 15.0 Å². The monoisotopic (exact) mass is 459 g/mol. The van der Waals surface area contributed by atoms with Gasteiger partial charge in [-0.05, 0) is 36.6 Å². The Morgan fingerprint density at radius 1 is 1.29 bits per heavy atom. The zero-order valence-electron chi connectivity index (χ0n) is 19.5. The Balaban J connectivity index is 1.44. The summed E-state index contributed by atoms with van der Waals surface area (Å²) in [6.07, 6.45) is 9.12. The molecule has 2 saturated heterocycles. The first kappa shape index (κ1) is 22.1. The quantitative estimate of drug-likeness (QED) is 0.540. The molecule has 3 aromatic rings. The second kappa shape index (κ2) is 9.26. The fraction of sp³-hybridized carbons (Fsp3) is 0.360. The molecular formula is C25H29N7O2. The van der Waals surface area contributed by atoms with E-state index in [0.717, 1.165) is 72.7 Å². The molecule has 0 aliphatic carbocycles. The molecule has 176 valence electrons. The fourth-order valence-corrected chi connectivity index (χ4v) is 4.77. The number of rotatable bonds is 6. The van der Waals surface area contributed by atoms with Crippen molar-refractivity contribution in [3.8, 4) is 5.75 Å². The maximum atomic E-state index is 5.75. The largest absolute Gasteiger partial charge is 0.495 e. The van der Waals surface area contributed by atoms with Crippen LogP contribution in [0.2, 0.25) is 0 Å². The van der Waals surface area contributed by atoms with Gasteiger partial charge in [0.1, 0.15) is 11.3 Å². The third-order valence-corrected chi connectivity index (χ3v) is 6.63. The van der Waals surface area contributed by atoms with Crippen molar-refractivity contribution in [3.63, 3.8) is 0 Å². The Bertz CT molecular complexity index is 1250. The third kappa shape index (κ3) is 4.14. The number of ether oxygens (including phenoxy) is 2. The lowest BCUT2D eigenvalue weighted by Gasteiger charge is -2.23. The summed E-state index contributed by atoms with van der Waals surface area (Å²) in [4.78, 5) is 20.4. The van der Waals surface area contributed by atoms with Crippen molar-refractivity contribution >= 4 is 40.1 Å². The van der Waals surface area contributed by atoms with Crippen LogP contribution in [0.1, 0.15) is 18.4 Å². The summed E-state index contributed by atoms with van der Waals surface area (Å²) in [6.45, 7) is 3.58. The maximum absolute atomic E-state index is 5.75. The molecule has 2 aliphatic heterocycles. The van der Waals surface area contributed by atoms with Gasteiger partial charge in [0, 0.05) is 67.9 Å². The summed E-state index contributed by atoms with van der Waals surface area (Å²) in [5, 5.41) is 4.26. The molecule has 3 N–H and O–H groups in total. The van der Waals surface area contributed by atoms with Gasteiger partial charge in [-0.15, -0.1) is 0 Å². The molecule has 2 aromatic heterocycles. The first-order valence-corrected chi connectivity index (χ1v) is 11.4. The second-order valence-electron chi connectivity index (χ2n) is 8.79. The minimum Gasteiger partial charge on any atom is -0.495 e. The van der Waals surface area contributed by atoms with E-state index in [1.54, 1.807) is 20.4 Å². The van der Waals surface area contributed by atoms with Crippen LogP contribution >= 0.6 is 0 Å². The van der Waals surface area contributed by atoms with Gasteiger partial charge in [0.15, 0.2) is 5.82 Å². The van der Waals surface area contributed by atoms with E-state index in [2.05, 4.69) is 20.2 Å². The number of hydrogen-bond donors (Lipinski definition) is 2. The van der Waals surface area contributed by atoms with Gasteiger partial charge in [0.05, 0.1) is 19.4 Å². The number of nitrogens with one attached hydrogen (secondary N) is 1. The highest BCUT2D eigenvalue weighted by atomic mass is 16.5. The molecule has 9 heteroatoms. The van der Waals surface area contributed by atoms with Gasteiger partial charge in [-0.3, -0.25) is 4.99 Å². The van der Waals surface area contributed by atoms with Crippen LogP contribution in [0, 0.1) is 5.41 Å². The van der Waals surface area contributed by atoms with Gasteiger partial charge in [-0.1, -0.05) is 6.07 Å². The summed E-state index contributed by atoms with van der Waals surface area (Å²) in [7, 11) is 3.34. The molecule has 5 rings (SSSR count). The smallest absolute Gasteiger partial charge is 0.227 e. The number of hydrogen-bond acceptors (Lipinski definition) is 9. The van der Waals surface area contributed by atoms with Crippen LogP contribution in [0.5, 0.6) is 5.75 Å². The molecule has 9 nitrogen and oxygen atoms in total. The van der Waals surface area contributed by atoms with Crippen LogP contribution in [-0.2, 0) is 4.74 Å². The van der Waals surface area contributed by atoms with E-state index >= 15 is 0 Å². The Morgan fingerprint density at radius 2 is 2.21 bits per heavy atom. The SMILES string of the molecule is CN=CC(=CN)c1ccc(Nc2ncc3ccnc(N4CCC5(CCOC5)C4)c3n2)c(OC)c1. The average molecular weight is 460 g/mol. The minimum atomic E-state index is 0.242. The van der Waals surface area contributed by atoms with Crippen molar-refractivity contribution in [2.24, 2.45) is 16.1 Å².